The van der Waals surface area contributed by atoms with Crippen LogP contribution in [0, 0.1) is 0 Å². The number of rotatable bonds is 10. The van der Waals surface area contributed by atoms with E-state index in [-0.39, 0.29) is 18.7 Å². The monoisotopic (exact) mass is 543 g/mol. The maximum atomic E-state index is 14.7. The average Bonchev–Trinajstić information content (AvgIpc) is 3.59. The summed E-state index contributed by atoms with van der Waals surface area (Å²) in [6, 6.07) is 12.3. The van der Waals surface area contributed by atoms with E-state index in [0.29, 0.717) is 12.0 Å². The summed E-state index contributed by atoms with van der Waals surface area (Å²) in [5.41, 5.74) is 6.78. The summed E-state index contributed by atoms with van der Waals surface area (Å²) in [4.78, 5) is 9.18. The van der Waals surface area contributed by atoms with Crippen LogP contribution in [0.5, 0.6) is 11.5 Å². The van der Waals surface area contributed by atoms with Crippen LogP contribution in [-0.4, -0.2) is 53.5 Å². The highest BCUT2D eigenvalue weighted by Gasteiger charge is 2.39. The first-order chi connectivity index (χ1) is 18.9. The van der Waals surface area contributed by atoms with Gasteiger partial charge < -0.3 is 19.3 Å². The zero-order valence-corrected chi connectivity index (χ0v) is 23.4. The molecule has 1 atom stereocenters. The fourth-order valence-electron chi connectivity index (χ4n) is 5.36. The van der Waals surface area contributed by atoms with Crippen molar-refractivity contribution in [2.45, 2.75) is 25.8 Å². The molecule has 4 heterocycles. The van der Waals surface area contributed by atoms with Crippen molar-refractivity contribution in [3.63, 3.8) is 0 Å². The van der Waals surface area contributed by atoms with Crippen LogP contribution in [0.1, 0.15) is 24.6 Å². The van der Waals surface area contributed by atoms with E-state index in [4.69, 9.17) is 9.47 Å². The molecule has 3 aliphatic heterocycles. The van der Waals surface area contributed by atoms with Crippen molar-refractivity contribution in [1.29, 1.82) is 0 Å². The Bertz CT molecular complexity index is 1400. The Morgan fingerprint density at radius 2 is 2.03 bits per heavy atom. The SMILES string of the molecule is C=C/C(F)=C(\C=C)CC1=C2SCC(CN(C)CCc3ccccn3)N2C(=C)C(c2ccc3c(c2)OCO3)=C1C. The molecule has 2 aromatic rings. The zero-order chi connectivity index (χ0) is 27.5. The Morgan fingerprint density at radius 1 is 1.21 bits per heavy atom. The topological polar surface area (TPSA) is 37.8 Å². The van der Waals surface area contributed by atoms with Crippen LogP contribution < -0.4 is 9.47 Å². The third-order valence-corrected chi connectivity index (χ3v) is 8.69. The summed E-state index contributed by atoms with van der Waals surface area (Å²) in [5.74, 6) is 2.04. The number of thioether (sulfide) groups is 1. The number of pyridine rings is 1. The lowest BCUT2D eigenvalue weighted by Gasteiger charge is -2.38. The highest BCUT2D eigenvalue weighted by atomic mass is 32.2. The van der Waals surface area contributed by atoms with Crippen molar-refractivity contribution in [1.82, 2.24) is 14.8 Å². The summed E-state index contributed by atoms with van der Waals surface area (Å²) < 4.78 is 25.9. The van der Waals surface area contributed by atoms with E-state index >= 15 is 0 Å². The zero-order valence-electron chi connectivity index (χ0n) is 22.6. The van der Waals surface area contributed by atoms with Gasteiger partial charge in [0.2, 0.25) is 6.79 Å². The van der Waals surface area contributed by atoms with Crippen LogP contribution in [0.4, 0.5) is 4.39 Å². The van der Waals surface area contributed by atoms with E-state index in [1.54, 1.807) is 6.08 Å². The number of fused-ring (bicyclic) bond motifs is 2. The van der Waals surface area contributed by atoms with E-state index in [0.717, 1.165) is 75.5 Å². The lowest BCUT2D eigenvalue weighted by molar-refractivity contribution is 0.174. The van der Waals surface area contributed by atoms with Crippen molar-refractivity contribution in [2.24, 2.45) is 0 Å². The number of nitrogens with zero attached hydrogens (tertiary/aromatic N) is 3. The minimum atomic E-state index is -0.347. The summed E-state index contributed by atoms with van der Waals surface area (Å²) >= 11 is 1.82. The van der Waals surface area contributed by atoms with Gasteiger partial charge in [-0.2, -0.15) is 0 Å². The molecule has 1 aromatic heterocycles. The van der Waals surface area contributed by atoms with Crippen molar-refractivity contribution < 1.29 is 13.9 Å². The highest BCUT2D eigenvalue weighted by molar-refractivity contribution is 8.03. The third-order valence-electron chi connectivity index (χ3n) is 7.42. The fourth-order valence-corrected chi connectivity index (χ4v) is 6.77. The lowest BCUT2D eigenvalue weighted by atomic mass is 9.87. The highest BCUT2D eigenvalue weighted by Crippen LogP contribution is 2.50. The Balaban J connectivity index is 1.48. The third kappa shape index (κ3) is 5.47. The van der Waals surface area contributed by atoms with E-state index < -0.39 is 0 Å². The molecule has 7 heteroatoms. The first-order valence-electron chi connectivity index (χ1n) is 13.1. The molecule has 1 aromatic carbocycles. The maximum Gasteiger partial charge on any atom is 0.231 e. The Morgan fingerprint density at radius 3 is 2.77 bits per heavy atom. The fraction of sp³-hybridized carbons (Fsp3) is 0.281. The molecule has 202 valence electrons. The quantitative estimate of drug-likeness (QED) is 0.304. The molecule has 0 bridgehead atoms. The van der Waals surface area contributed by atoms with E-state index in [2.05, 4.69) is 54.6 Å². The van der Waals surface area contributed by atoms with Crippen LogP contribution in [0.15, 0.2) is 108 Å². The predicted octanol–water partition coefficient (Wildman–Crippen LogP) is 6.90. The van der Waals surface area contributed by atoms with Gasteiger partial charge in [-0.15, -0.1) is 11.8 Å². The van der Waals surface area contributed by atoms with Gasteiger partial charge in [-0.05, 0) is 66.6 Å². The molecule has 1 unspecified atom stereocenters. The van der Waals surface area contributed by atoms with Gasteiger partial charge in [-0.25, -0.2) is 4.39 Å². The normalized spacial score (nSPS) is 19.0. The number of hydrogen-bond donors (Lipinski definition) is 0. The van der Waals surface area contributed by atoms with E-state index in [9.17, 15) is 4.39 Å². The second-order valence-electron chi connectivity index (χ2n) is 9.92. The van der Waals surface area contributed by atoms with Crippen LogP contribution in [-0.2, 0) is 6.42 Å². The van der Waals surface area contributed by atoms with Crippen molar-refractivity contribution >= 4 is 17.3 Å². The van der Waals surface area contributed by atoms with Gasteiger partial charge in [-0.1, -0.05) is 37.9 Å². The first-order valence-corrected chi connectivity index (χ1v) is 14.1. The van der Waals surface area contributed by atoms with Crippen LogP contribution in [0.25, 0.3) is 5.57 Å². The molecule has 1 saturated heterocycles. The minimum Gasteiger partial charge on any atom is -0.454 e. The molecule has 1 fully saturated rings. The average molecular weight is 544 g/mol. The summed E-state index contributed by atoms with van der Waals surface area (Å²) in [6.45, 7) is 16.2. The first kappa shape index (κ1) is 27.0. The standard InChI is InChI=1S/C32H34FN3O2S/c1-6-23(28(33)7-2)16-27-21(3)31(24-11-12-29-30(17-24)38-20-37-29)22(4)36-26(19-39-32(27)36)18-35(5)15-13-25-10-8-9-14-34-25/h6-12,14,17,26H,1-2,4,13,15-16,18-20H2,3,5H3/b28-23-. The summed E-state index contributed by atoms with van der Waals surface area (Å²) in [7, 11) is 2.15. The van der Waals surface area contributed by atoms with Crippen LogP contribution in [0.2, 0.25) is 0 Å². The van der Waals surface area contributed by atoms with Gasteiger partial charge in [0, 0.05) is 54.8 Å². The lowest BCUT2D eigenvalue weighted by Crippen LogP contribution is -2.41. The largest absolute Gasteiger partial charge is 0.454 e. The predicted molar refractivity (Wildman–Crippen MR) is 158 cm³/mol. The molecule has 0 saturated carbocycles. The van der Waals surface area contributed by atoms with Crippen LogP contribution >= 0.6 is 11.8 Å². The molecular formula is C32H34FN3O2S. The van der Waals surface area contributed by atoms with Crippen LogP contribution in [0.3, 0.4) is 0 Å². The van der Waals surface area contributed by atoms with E-state index in [1.807, 2.05) is 48.3 Å². The van der Waals surface area contributed by atoms with Gasteiger partial charge in [0.1, 0.15) is 5.83 Å². The molecule has 0 amide bonds. The molecular weight excluding hydrogens is 509 g/mol. The van der Waals surface area contributed by atoms with Crippen molar-refractivity contribution in [2.75, 3.05) is 32.7 Å². The Labute approximate surface area is 234 Å². The molecule has 5 nitrogen and oxygen atoms in total. The van der Waals surface area contributed by atoms with Crippen molar-refractivity contribution in [3.8, 4) is 11.5 Å². The number of ether oxygens (including phenoxy) is 2. The number of aromatic nitrogens is 1. The van der Waals surface area contributed by atoms with Gasteiger partial charge in [0.05, 0.1) is 11.1 Å². The second-order valence-corrected chi connectivity index (χ2v) is 10.9. The molecule has 0 N–H and O–H groups in total. The number of hydrogen-bond acceptors (Lipinski definition) is 6. The van der Waals surface area contributed by atoms with Gasteiger partial charge in [0.15, 0.2) is 11.5 Å². The molecule has 0 aliphatic carbocycles. The van der Waals surface area contributed by atoms with E-state index in [1.165, 1.54) is 6.08 Å². The molecule has 0 radical (unpaired) electrons. The maximum absolute atomic E-state index is 14.7. The van der Waals surface area contributed by atoms with Gasteiger partial charge in [-0.3, -0.25) is 4.98 Å². The number of benzene rings is 1. The Kier molecular flexibility index (Phi) is 8.10. The number of allylic oxidation sites excluding steroid dienone is 7. The Hall–Kier alpha value is -3.55. The summed E-state index contributed by atoms with van der Waals surface area (Å²) in [6.07, 6.45) is 6.00. The van der Waals surface area contributed by atoms with Gasteiger partial charge >= 0.3 is 0 Å². The van der Waals surface area contributed by atoms with Crippen molar-refractivity contribution in [3.05, 3.63) is 119 Å². The molecule has 3 aliphatic rings. The number of halogens is 1. The number of likely N-dealkylation sites (N-methyl/N-ethyl adjacent to an activating group) is 1. The molecule has 39 heavy (non-hydrogen) atoms. The smallest absolute Gasteiger partial charge is 0.231 e. The summed E-state index contributed by atoms with van der Waals surface area (Å²) in [5, 5.41) is 1.14. The molecule has 5 rings (SSSR count). The van der Waals surface area contributed by atoms with Gasteiger partial charge in [0.25, 0.3) is 0 Å². The second kappa shape index (κ2) is 11.7. The minimum absolute atomic E-state index is 0.219. The molecule has 0 spiro atoms.